The molecule has 2 aliphatic carbocycles. The van der Waals surface area contributed by atoms with Gasteiger partial charge in [-0.1, -0.05) is 6.92 Å². The standard InChI is InChI=1S/C20H31N3O2/c1-13-4-6-16(7-5-13)19(25)22-11-17-8-9-20(18(17)12-22)10-14(2)21-23(20)15(3)24/h13,16-18H,4-12H2,1-3H3. The van der Waals surface area contributed by atoms with E-state index in [4.69, 9.17) is 0 Å². The molecule has 2 aliphatic heterocycles. The van der Waals surface area contributed by atoms with Gasteiger partial charge < -0.3 is 4.90 Å². The molecule has 0 aromatic carbocycles. The van der Waals surface area contributed by atoms with Crippen molar-refractivity contribution < 1.29 is 9.59 Å². The Hall–Kier alpha value is -1.39. The quantitative estimate of drug-likeness (QED) is 0.733. The molecule has 0 bridgehead atoms. The fraction of sp³-hybridized carbons (Fsp3) is 0.850. The van der Waals surface area contributed by atoms with E-state index in [2.05, 4.69) is 16.9 Å². The lowest BCUT2D eigenvalue weighted by molar-refractivity contribution is -0.137. The van der Waals surface area contributed by atoms with Crippen LogP contribution in [0.1, 0.15) is 65.7 Å². The molecule has 138 valence electrons. The lowest BCUT2D eigenvalue weighted by Crippen LogP contribution is -2.50. The summed E-state index contributed by atoms with van der Waals surface area (Å²) in [4.78, 5) is 27.3. The van der Waals surface area contributed by atoms with Crippen LogP contribution in [0.2, 0.25) is 0 Å². The van der Waals surface area contributed by atoms with Gasteiger partial charge in [0.1, 0.15) is 0 Å². The molecule has 0 aromatic rings. The first kappa shape index (κ1) is 17.0. The Morgan fingerprint density at radius 3 is 2.52 bits per heavy atom. The molecular formula is C20H31N3O2. The van der Waals surface area contributed by atoms with Crippen molar-refractivity contribution in [1.82, 2.24) is 9.91 Å². The summed E-state index contributed by atoms with van der Waals surface area (Å²) in [5.41, 5.74) is 0.901. The monoisotopic (exact) mass is 345 g/mol. The molecule has 4 aliphatic rings. The molecular weight excluding hydrogens is 314 g/mol. The Morgan fingerprint density at radius 2 is 1.84 bits per heavy atom. The van der Waals surface area contributed by atoms with Crippen LogP contribution >= 0.6 is 0 Å². The van der Waals surface area contributed by atoms with Gasteiger partial charge >= 0.3 is 0 Å². The van der Waals surface area contributed by atoms with Crippen molar-refractivity contribution in [3.05, 3.63) is 0 Å². The molecule has 3 fully saturated rings. The summed E-state index contributed by atoms with van der Waals surface area (Å²) in [5.74, 6) is 2.35. The molecule has 3 unspecified atom stereocenters. The molecule has 25 heavy (non-hydrogen) atoms. The van der Waals surface area contributed by atoms with Gasteiger partial charge in [0.05, 0.1) is 5.54 Å². The smallest absolute Gasteiger partial charge is 0.240 e. The lowest BCUT2D eigenvalue weighted by Gasteiger charge is -2.38. The zero-order valence-electron chi connectivity index (χ0n) is 15.8. The highest BCUT2D eigenvalue weighted by atomic mass is 16.2. The number of nitrogens with zero attached hydrogens (tertiary/aromatic N) is 3. The first-order valence-electron chi connectivity index (χ1n) is 10.0. The number of hydrogen-bond donors (Lipinski definition) is 0. The van der Waals surface area contributed by atoms with Gasteiger partial charge in [-0.05, 0) is 57.3 Å². The summed E-state index contributed by atoms with van der Waals surface area (Å²) >= 11 is 0. The number of hydrazone groups is 1. The van der Waals surface area contributed by atoms with Gasteiger partial charge in [0.15, 0.2) is 0 Å². The maximum absolute atomic E-state index is 13.0. The molecule has 0 radical (unpaired) electrons. The van der Waals surface area contributed by atoms with E-state index in [0.717, 1.165) is 56.8 Å². The minimum atomic E-state index is -0.156. The van der Waals surface area contributed by atoms with Crippen LogP contribution in [0, 0.1) is 23.7 Å². The van der Waals surface area contributed by atoms with Gasteiger partial charge in [-0.2, -0.15) is 5.10 Å². The van der Waals surface area contributed by atoms with Crippen LogP contribution in [0.15, 0.2) is 5.10 Å². The van der Waals surface area contributed by atoms with Crippen LogP contribution in [0.4, 0.5) is 0 Å². The highest BCUT2D eigenvalue weighted by Crippen LogP contribution is 2.52. The minimum absolute atomic E-state index is 0.0449. The predicted molar refractivity (Wildman–Crippen MR) is 96.9 cm³/mol. The van der Waals surface area contributed by atoms with Crippen LogP contribution in [-0.4, -0.2) is 46.1 Å². The molecule has 5 nitrogen and oxygen atoms in total. The Labute approximate surface area is 150 Å². The normalized spacial score (nSPS) is 40.5. The Morgan fingerprint density at radius 1 is 1.12 bits per heavy atom. The SMILES string of the molecule is CC(=O)N1N=C(C)CC12CCC1CN(C(=O)C3CCC(C)CC3)CC12. The van der Waals surface area contributed by atoms with Crippen molar-refractivity contribution in [1.29, 1.82) is 0 Å². The van der Waals surface area contributed by atoms with E-state index >= 15 is 0 Å². The topological polar surface area (TPSA) is 53.0 Å². The second kappa shape index (κ2) is 6.10. The van der Waals surface area contributed by atoms with Gasteiger partial charge in [0, 0.05) is 44.0 Å². The first-order chi connectivity index (χ1) is 11.9. The summed E-state index contributed by atoms with van der Waals surface area (Å²) in [6.45, 7) is 7.66. The largest absolute Gasteiger partial charge is 0.342 e. The minimum Gasteiger partial charge on any atom is -0.342 e. The third-order valence-corrected chi connectivity index (χ3v) is 7.31. The zero-order valence-corrected chi connectivity index (χ0v) is 15.8. The lowest BCUT2D eigenvalue weighted by atomic mass is 9.81. The van der Waals surface area contributed by atoms with Gasteiger partial charge in [0.25, 0.3) is 0 Å². The van der Waals surface area contributed by atoms with Gasteiger partial charge in [-0.3, -0.25) is 9.59 Å². The number of likely N-dealkylation sites (tertiary alicyclic amines) is 1. The van der Waals surface area contributed by atoms with Crippen molar-refractivity contribution in [2.75, 3.05) is 13.1 Å². The molecule has 0 N–H and O–H groups in total. The molecule has 2 saturated carbocycles. The molecule has 2 amide bonds. The van der Waals surface area contributed by atoms with Crippen molar-refractivity contribution in [2.24, 2.45) is 28.8 Å². The molecule has 2 heterocycles. The third kappa shape index (κ3) is 2.70. The molecule has 1 spiro atoms. The van der Waals surface area contributed by atoms with E-state index in [1.54, 1.807) is 11.9 Å². The number of carbonyl (C=O) groups is 2. The van der Waals surface area contributed by atoms with E-state index in [-0.39, 0.29) is 17.4 Å². The molecule has 0 aromatic heterocycles. The molecule has 4 rings (SSSR count). The second-order valence-electron chi connectivity index (χ2n) is 9.05. The van der Waals surface area contributed by atoms with E-state index in [9.17, 15) is 9.59 Å². The summed E-state index contributed by atoms with van der Waals surface area (Å²) in [6.07, 6.45) is 7.51. The van der Waals surface area contributed by atoms with Gasteiger partial charge in [-0.25, -0.2) is 5.01 Å². The van der Waals surface area contributed by atoms with Crippen LogP contribution in [-0.2, 0) is 9.59 Å². The number of hydrogen-bond acceptors (Lipinski definition) is 3. The first-order valence-corrected chi connectivity index (χ1v) is 10.0. The van der Waals surface area contributed by atoms with Gasteiger partial charge in [0.2, 0.25) is 11.8 Å². The zero-order chi connectivity index (χ0) is 17.8. The summed E-state index contributed by atoms with van der Waals surface area (Å²) < 4.78 is 0. The van der Waals surface area contributed by atoms with Crippen LogP contribution in [0.25, 0.3) is 0 Å². The average molecular weight is 345 g/mol. The summed E-state index contributed by atoms with van der Waals surface area (Å²) in [6, 6.07) is 0. The van der Waals surface area contributed by atoms with Crippen molar-refractivity contribution in [2.45, 2.75) is 71.3 Å². The van der Waals surface area contributed by atoms with E-state index in [0.29, 0.717) is 17.7 Å². The maximum atomic E-state index is 13.0. The maximum Gasteiger partial charge on any atom is 0.240 e. The number of amides is 2. The Kier molecular flexibility index (Phi) is 4.16. The van der Waals surface area contributed by atoms with Crippen molar-refractivity contribution in [3.8, 4) is 0 Å². The highest BCUT2D eigenvalue weighted by Gasteiger charge is 2.59. The van der Waals surface area contributed by atoms with Crippen molar-refractivity contribution >= 4 is 17.5 Å². The summed E-state index contributed by atoms with van der Waals surface area (Å²) in [7, 11) is 0. The van der Waals surface area contributed by atoms with Gasteiger partial charge in [-0.15, -0.1) is 0 Å². The third-order valence-electron chi connectivity index (χ3n) is 7.31. The fourth-order valence-corrected chi connectivity index (χ4v) is 6.03. The van der Waals surface area contributed by atoms with Crippen LogP contribution in [0.5, 0.6) is 0 Å². The Bertz CT molecular complexity index is 608. The second-order valence-corrected chi connectivity index (χ2v) is 9.05. The number of carbonyl (C=O) groups excluding carboxylic acids is 2. The predicted octanol–water partition coefficient (Wildman–Crippen LogP) is 3.05. The highest BCUT2D eigenvalue weighted by molar-refractivity contribution is 5.89. The van der Waals surface area contributed by atoms with Crippen LogP contribution in [0.3, 0.4) is 0 Å². The Balaban J connectivity index is 1.48. The average Bonchev–Trinajstić information content (AvgIpc) is 3.23. The number of fused-ring (bicyclic) bond motifs is 2. The molecule has 5 heteroatoms. The molecule has 3 atom stereocenters. The fourth-order valence-electron chi connectivity index (χ4n) is 6.03. The summed E-state index contributed by atoms with van der Waals surface area (Å²) in [5, 5.41) is 6.32. The number of rotatable bonds is 1. The molecule has 1 saturated heterocycles. The van der Waals surface area contributed by atoms with E-state index in [1.807, 2.05) is 6.92 Å². The van der Waals surface area contributed by atoms with Crippen molar-refractivity contribution in [3.63, 3.8) is 0 Å². The van der Waals surface area contributed by atoms with E-state index in [1.165, 1.54) is 12.8 Å². The van der Waals surface area contributed by atoms with Crippen LogP contribution < -0.4 is 0 Å². The van der Waals surface area contributed by atoms with E-state index < -0.39 is 0 Å².